The Morgan fingerprint density at radius 3 is 2.48 bits per heavy atom. The third-order valence-electron chi connectivity index (χ3n) is 4.25. The molecule has 1 aromatic heterocycles. The van der Waals surface area contributed by atoms with Crippen molar-refractivity contribution >= 4 is 11.6 Å². The minimum absolute atomic E-state index is 0.0311. The molecule has 0 saturated heterocycles. The van der Waals surface area contributed by atoms with Crippen molar-refractivity contribution in [2.24, 2.45) is 5.10 Å². The second-order valence-corrected chi connectivity index (χ2v) is 6.70. The van der Waals surface area contributed by atoms with Crippen molar-refractivity contribution in [3.63, 3.8) is 0 Å². The Hall–Kier alpha value is -2.95. The quantitative estimate of drug-likeness (QED) is 0.738. The van der Waals surface area contributed by atoms with Gasteiger partial charge in [-0.3, -0.25) is 4.79 Å². The first kappa shape index (κ1) is 20.8. The molecule has 1 aliphatic heterocycles. The third kappa shape index (κ3) is 4.24. The van der Waals surface area contributed by atoms with Gasteiger partial charge < -0.3 is 9.84 Å². The summed E-state index contributed by atoms with van der Waals surface area (Å²) in [6.45, 7) is 3.72. The van der Waals surface area contributed by atoms with Crippen LogP contribution in [-0.4, -0.2) is 50.1 Å². The van der Waals surface area contributed by atoms with Crippen molar-refractivity contribution < 1.29 is 32.2 Å². The maximum atomic E-state index is 13.3. The van der Waals surface area contributed by atoms with Gasteiger partial charge in [-0.2, -0.15) is 15.2 Å². The highest BCUT2D eigenvalue weighted by atomic mass is 19.3. The van der Waals surface area contributed by atoms with Crippen LogP contribution in [0.5, 0.6) is 5.75 Å². The van der Waals surface area contributed by atoms with Gasteiger partial charge in [0.1, 0.15) is 11.5 Å². The van der Waals surface area contributed by atoms with Gasteiger partial charge in [0.15, 0.2) is 12.4 Å². The van der Waals surface area contributed by atoms with E-state index in [1.54, 1.807) is 12.1 Å². The maximum absolute atomic E-state index is 13.3. The molecule has 0 bridgehead atoms. The van der Waals surface area contributed by atoms with E-state index in [0.29, 0.717) is 5.75 Å². The van der Waals surface area contributed by atoms with E-state index in [1.165, 1.54) is 16.9 Å². The predicted octanol–water partition coefficient (Wildman–Crippen LogP) is 2.96. The summed E-state index contributed by atoms with van der Waals surface area (Å²) < 4.78 is 59.0. The zero-order valence-electron chi connectivity index (χ0n) is 15.5. The first-order chi connectivity index (χ1) is 13.6. The molecule has 0 spiro atoms. The number of aliphatic hydroxyl groups is 1. The lowest BCUT2D eigenvalue weighted by Crippen LogP contribution is -2.51. The Morgan fingerprint density at radius 1 is 1.24 bits per heavy atom. The Labute approximate surface area is 163 Å². The van der Waals surface area contributed by atoms with Gasteiger partial charge >= 0.3 is 0 Å². The van der Waals surface area contributed by atoms with E-state index in [0.717, 1.165) is 11.1 Å². The zero-order chi connectivity index (χ0) is 21.3. The lowest BCUT2D eigenvalue weighted by Gasteiger charge is -2.29. The molecule has 3 rings (SSSR count). The van der Waals surface area contributed by atoms with Crippen LogP contribution in [-0.2, 0) is 6.73 Å². The van der Waals surface area contributed by atoms with E-state index < -0.39 is 36.6 Å². The number of benzene rings is 1. The summed E-state index contributed by atoms with van der Waals surface area (Å²) in [5, 5.41) is 17.1. The van der Waals surface area contributed by atoms with Crippen molar-refractivity contribution in [3.8, 4) is 5.75 Å². The van der Waals surface area contributed by atoms with Crippen molar-refractivity contribution in [1.29, 1.82) is 0 Å². The van der Waals surface area contributed by atoms with Crippen LogP contribution >= 0.6 is 0 Å². The Kier molecular flexibility index (Phi) is 5.60. The normalized spacial score (nSPS) is 19.2. The molecule has 156 valence electrons. The summed E-state index contributed by atoms with van der Waals surface area (Å²) in [6, 6.07) is 6.76. The van der Waals surface area contributed by atoms with Crippen LogP contribution in [0.25, 0.3) is 0 Å². The SMILES string of the molecule is Cc1cc(C)cc(OCn2ccc(C(=O)N3N=C(C(F)F)C[C@@]3(O)C(F)F)n2)c1. The highest BCUT2D eigenvalue weighted by Gasteiger charge is 2.53. The number of carbonyl (C=O) groups is 1. The van der Waals surface area contributed by atoms with E-state index in [1.807, 2.05) is 19.9 Å². The molecule has 0 saturated carbocycles. The van der Waals surface area contributed by atoms with Gasteiger partial charge in [-0.05, 0) is 43.2 Å². The molecule has 7 nitrogen and oxygen atoms in total. The number of aryl methyl sites for hydroxylation is 2. The fraction of sp³-hybridized carbons (Fsp3) is 0.389. The topological polar surface area (TPSA) is 80.0 Å². The molecule has 29 heavy (non-hydrogen) atoms. The van der Waals surface area contributed by atoms with Gasteiger partial charge in [0.25, 0.3) is 18.8 Å². The number of amides is 1. The van der Waals surface area contributed by atoms with Crippen molar-refractivity contribution in [2.75, 3.05) is 0 Å². The Bertz CT molecular complexity index is 927. The molecule has 1 amide bonds. The monoisotopic (exact) mass is 414 g/mol. The molecule has 0 radical (unpaired) electrons. The van der Waals surface area contributed by atoms with E-state index in [2.05, 4.69) is 10.2 Å². The Balaban J connectivity index is 1.75. The highest BCUT2D eigenvalue weighted by Crippen LogP contribution is 2.34. The Morgan fingerprint density at radius 2 is 1.90 bits per heavy atom. The average molecular weight is 414 g/mol. The molecular formula is C18H18F4N4O3. The van der Waals surface area contributed by atoms with E-state index >= 15 is 0 Å². The summed E-state index contributed by atoms with van der Waals surface area (Å²) in [4.78, 5) is 12.5. The largest absolute Gasteiger partial charge is 0.471 e. The van der Waals surface area contributed by atoms with E-state index in [4.69, 9.17) is 4.74 Å². The molecule has 2 aromatic rings. The van der Waals surface area contributed by atoms with Gasteiger partial charge in [-0.15, -0.1) is 0 Å². The fourth-order valence-corrected chi connectivity index (χ4v) is 2.92. The fourth-order valence-electron chi connectivity index (χ4n) is 2.92. The summed E-state index contributed by atoms with van der Waals surface area (Å²) in [7, 11) is 0. The summed E-state index contributed by atoms with van der Waals surface area (Å²) in [5.41, 5.74) is -2.53. The first-order valence-electron chi connectivity index (χ1n) is 8.55. The molecule has 1 aromatic carbocycles. The standard InChI is InChI=1S/C18H18F4N4O3/c1-10-5-11(2)7-12(6-10)29-9-25-4-3-13(23-25)16(27)26-18(28,17(21)22)8-14(24-26)15(19)20/h3-7,15,17,28H,8-9H2,1-2H3/t18-/m1/s1. The average Bonchev–Trinajstić information content (AvgIpc) is 3.24. The molecule has 0 aliphatic carbocycles. The van der Waals surface area contributed by atoms with E-state index in [-0.39, 0.29) is 17.4 Å². The molecular weight excluding hydrogens is 396 g/mol. The molecule has 1 N–H and O–H groups in total. The molecule has 0 unspecified atom stereocenters. The second kappa shape index (κ2) is 7.82. The molecule has 2 heterocycles. The van der Waals surface area contributed by atoms with Crippen LogP contribution in [0.4, 0.5) is 17.6 Å². The number of ether oxygens (including phenoxy) is 1. The first-order valence-corrected chi connectivity index (χ1v) is 8.55. The summed E-state index contributed by atoms with van der Waals surface area (Å²) in [6.07, 6.45) is -6.47. The van der Waals surface area contributed by atoms with Gasteiger partial charge in [-0.1, -0.05) is 6.07 Å². The molecule has 11 heteroatoms. The lowest BCUT2D eigenvalue weighted by atomic mass is 10.1. The number of halogens is 4. The van der Waals surface area contributed by atoms with Crippen LogP contribution in [0.3, 0.4) is 0 Å². The number of hydrazone groups is 1. The predicted molar refractivity (Wildman–Crippen MR) is 94.0 cm³/mol. The van der Waals surface area contributed by atoms with Crippen LogP contribution in [0, 0.1) is 13.8 Å². The van der Waals surface area contributed by atoms with E-state index in [9.17, 15) is 27.5 Å². The zero-order valence-corrected chi connectivity index (χ0v) is 15.5. The van der Waals surface area contributed by atoms with Crippen molar-refractivity contribution in [3.05, 3.63) is 47.3 Å². The van der Waals surface area contributed by atoms with Crippen LogP contribution in [0.15, 0.2) is 35.6 Å². The van der Waals surface area contributed by atoms with Crippen molar-refractivity contribution in [1.82, 2.24) is 14.8 Å². The number of hydrogen-bond acceptors (Lipinski definition) is 5. The van der Waals surface area contributed by atoms with Crippen LogP contribution < -0.4 is 4.74 Å². The van der Waals surface area contributed by atoms with Gasteiger partial charge in [0.2, 0.25) is 5.72 Å². The minimum atomic E-state index is -3.50. The number of alkyl halides is 4. The molecule has 0 fully saturated rings. The molecule has 1 aliphatic rings. The number of nitrogens with zero attached hydrogens (tertiary/aromatic N) is 4. The minimum Gasteiger partial charge on any atom is -0.471 e. The summed E-state index contributed by atoms with van der Waals surface area (Å²) in [5.74, 6) is -0.655. The van der Waals surface area contributed by atoms with Gasteiger partial charge in [0, 0.05) is 12.6 Å². The maximum Gasteiger partial charge on any atom is 0.297 e. The van der Waals surface area contributed by atoms with Crippen LogP contribution in [0.1, 0.15) is 28.0 Å². The number of carbonyl (C=O) groups excluding carboxylic acids is 1. The second-order valence-electron chi connectivity index (χ2n) is 6.70. The number of rotatable bonds is 6. The summed E-state index contributed by atoms with van der Waals surface area (Å²) >= 11 is 0. The van der Waals surface area contributed by atoms with Crippen molar-refractivity contribution in [2.45, 2.75) is 45.6 Å². The number of hydrogen-bond donors (Lipinski definition) is 1. The molecule has 1 atom stereocenters. The van der Waals surface area contributed by atoms with Gasteiger partial charge in [-0.25, -0.2) is 22.2 Å². The highest BCUT2D eigenvalue weighted by molar-refractivity contribution is 5.97. The number of aromatic nitrogens is 2. The smallest absolute Gasteiger partial charge is 0.297 e. The third-order valence-corrected chi connectivity index (χ3v) is 4.25. The van der Waals surface area contributed by atoms with Gasteiger partial charge in [0.05, 0.1) is 0 Å². The van der Waals surface area contributed by atoms with Crippen LogP contribution in [0.2, 0.25) is 0 Å². The lowest BCUT2D eigenvalue weighted by molar-refractivity contribution is -0.164.